The number of hydrogen-bond donors (Lipinski definition) is 0. The molecule has 0 amide bonds. The molecule has 0 bridgehead atoms. The molecule has 2 heterocycles. The topological polar surface area (TPSA) is 4.93 Å². The maximum Gasteiger partial charge on any atom is 0.0634 e. The molecule has 0 aliphatic heterocycles. The van der Waals surface area contributed by atoms with Gasteiger partial charge in [-0.15, -0.1) is 11.3 Å². The Morgan fingerprint density at radius 2 is 1.43 bits per heavy atom. The summed E-state index contributed by atoms with van der Waals surface area (Å²) in [5.41, 5.74) is 5.29. The number of nitrogens with zero attached hydrogens (tertiary/aromatic N) is 1. The fourth-order valence-electron chi connectivity index (χ4n) is 4.63. The predicted octanol–water partition coefficient (Wildman–Crippen LogP) is 8.45. The van der Waals surface area contributed by atoms with Crippen molar-refractivity contribution in [2.45, 2.75) is 26.2 Å². The first-order valence-electron chi connectivity index (χ1n) is 10.5. The van der Waals surface area contributed by atoms with Crippen molar-refractivity contribution in [1.82, 2.24) is 4.57 Å². The lowest BCUT2D eigenvalue weighted by molar-refractivity contribution is 0.591. The minimum Gasteiger partial charge on any atom is -0.309 e. The van der Waals surface area contributed by atoms with Gasteiger partial charge in [0.25, 0.3) is 0 Å². The van der Waals surface area contributed by atoms with Gasteiger partial charge < -0.3 is 4.57 Å². The number of hydrogen-bond acceptors (Lipinski definition) is 1. The van der Waals surface area contributed by atoms with Crippen LogP contribution in [0.3, 0.4) is 0 Å². The van der Waals surface area contributed by atoms with E-state index in [1.54, 1.807) is 0 Å². The third-order valence-electron chi connectivity index (χ3n) is 6.15. The van der Waals surface area contributed by atoms with Gasteiger partial charge in [-0.1, -0.05) is 69.3 Å². The van der Waals surface area contributed by atoms with E-state index in [0.717, 1.165) is 0 Å². The molecule has 4 aromatic carbocycles. The molecule has 30 heavy (non-hydrogen) atoms. The first-order chi connectivity index (χ1) is 14.5. The first-order valence-corrected chi connectivity index (χ1v) is 11.3. The maximum atomic E-state index is 2.46. The molecule has 6 aromatic rings. The summed E-state index contributed by atoms with van der Waals surface area (Å²) < 4.78 is 5.15. The predicted molar refractivity (Wildman–Crippen MR) is 132 cm³/mol. The van der Waals surface area contributed by atoms with Crippen molar-refractivity contribution in [3.8, 4) is 5.69 Å². The highest BCUT2D eigenvalue weighted by Crippen LogP contribution is 2.43. The van der Waals surface area contributed by atoms with Crippen molar-refractivity contribution >= 4 is 53.3 Å². The summed E-state index contributed by atoms with van der Waals surface area (Å²) in [5, 5.41) is 5.37. The summed E-state index contributed by atoms with van der Waals surface area (Å²) in [6.45, 7) is 6.86. The summed E-state index contributed by atoms with van der Waals surface area (Å²) in [4.78, 5) is 0. The second-order valence-corrected chi connectivity index (χ2v) is 10.2. The number of thiophene rings is 1. The highest BCUT2D eigenvalue weighted by molar-refractivity contribution is 7.26. The highest BCUT2D eigenvalue weighted by Gasteiger charge is 2.20. The molecule has 0 atom stereocenters. The summed E-state index contributed by atoms with van der Waals surface area (Å²) >= 11 is 1.88. The smallest absolute Gasteiger partial charge is 0.0634 e. The van der Waals surface area contributed by atoms with Crippen LogP contribution in [0.4, 0.5) is 0 Å². The molecule has 0 N–H and O–H groups in total. The van der Waals surface area contributed by atoms with Crippen LogP contribution in [-0.2, 0) is 5.41 Å². The number of rotatable bonds is 1. The van der Waals surface area contributed by atoms with Crippen molar-refractivity contribution in [1.29, 1.82) is 0 Å². The van der Waals surface area contributed by atoms with Crippen molar-refractivity contribution in [2.24, 2.45) is 0 Å². The van der Waals surface area contributed by atoms with E-state index < -0.39 is 0 Å². The van der Waals surface area contributed by atoms with Gasteiger partial charge in [0.1, 0.15) is 0 Å². The average Bonchev–Trinajstić information content (AvgIpc) is 3.28. The summed E-state index contributed by atoms with van der Waals surface area (Å²) in [5.74, 6) is 0. The summed E-state index contributed by atoms with van der Waals surface area (Å²) in [7, 11) is 0. The average molecular weight is 406 g/mol. The molecule has 0 aliphatic rings. The van der Waals surface area contributed by atoms with E-state index in [4.69, 9.17) is 0 Å². The van der Waals surface area contributed by atoms with Crippen LogP contribution < -0.4 is 0 Å². The van der Waals surface area contributed by atoms with Gasteiger partial charge in [-0.25, -0.2) is 0 Å². The molecular weight excluding hydrogens is 382 g/mol. The van der Waals surface area contributed by atoms with Crippen LogP contribution in [0.1, 0.15) is 26.3 Å². The molecule has 0 radical (unpaired) electrons. The molecule has 0 spiro atoms. The van der Waals surface area contributed by atoms with Gasteiger partial charge in [0.15, 0.2) is 0 Å². The Bertz CT molecular complexity index is 1560. The Balaban J connectivity index is 1.88. The molecule has 1 nitrogen and oxygen atoms in total. The molecule has 2 aromatic heterocycles. The number of aromatic nitrogens is 1. The molecule has 146 valence electrons. The molecule has 0 aliphatic carbocycles. The van der Waals surface area contributed by atoms with Gasteiger partial charge in [0.2, 0.25) is 0 Å². The highest BCUT2D eigenvalue weighted by atomic mass is 32.1. The fourth-order valence-corrected chi connectivity index (χ4v) is 5.74. The third kappa shape index (κ3) is 2.47. The number of benzene rings is 4. The SMILES string of the molecule is CC(C)(C)c1ccc2c(c1)c1ccc3sc4ccccc4c3c1n2-c1ccccc1. The summed E-state index contributed by atoms with van der Waals surface area (Å²) in [6, 6.07) is 31.2. The molecular formula is C28H23NS. The normalized spacial score (nSPS) is 12.5. The van der Waals surface area contributed by atoms with Crippen molar-refractivity contribution < 1.29 is 0 Å². The lowest BCUT2D eigenvalue weighted by Gasteiger charge is -2.19. The van der Waals surface area contributed by atoms with E-state index >= 15 is 0 Å². The van der Waals surface area contributed by atoms with E-state index in [2.05, 4.69) is 110 Å². The monoisotopic (exact) mass is 405 g/mol. The van der Waals surface area contributed by atoms with Crippen molar-refractivity contribution in [3.05, 3.63) is 90.5 Å². The maximum absolute atomic E-state index is 2.46. The van der Waals surface area contributed by atoms with Gasteiger partial charge in [-0.3, -0.25) is 0 Å². The van der Waals surface area contributed by atoms with Crippen LogP contribution in [-0.4, -0.2) is 4.57 Å². The fraction of sp³-hybridized carbons (Fsp3) is 0.143. The minimum atomic E-state index is 0.120. The molecule has 0 unspecified atom stereocenters. The van der Waals surface area contributed by atoms with Gasteiger partial charge in [0.05, 0.1) is 11.0 Å². The van der Waals surface area contributed by atoms with Crippen molar-refractivity contribution in [2.75, 3.05) is 0 Å². The number of para-hydroxylation sites is 1. The molecule has 0 saturated carbocycles. The van der Waals surface area contributed by atoms with Crippen molar-refractivity contribution in [3.63, 3.8) is 0 Å². The quantitative estimate of drug-likeness (QED) is 0.258. The Kier molecular flexibility index (Phi) is 3.66. The molecule has 0 saturated heterocycles. The lowest BCUT2D eigenvalue weighted by Crippen LogP contribution is -2.10. The second kappa shape index (κ2) is 6.20. The Morgan fingerprint density at radius 3 is 2.23 bits per heavy atom. The molecule has 6 rings (SSSR count). The van der Waals surface area contributed by atoms with E-state index in [0.29, 0.717) is 0 Å². The first kappa shape index (κ1) is 17.7. The molecule has 0 fully saturated rings. The summed E-state index contributed by atoms with van der Waals surface area (Å²) in [6.07, 6.45) is 0. The van der Waals surface area contributed by atoms with Gasteiger partial charge in [-0.2, -0.15) is 0 Å². The Hall–Kier alpha value is -3.10. The lowest BCUT2D eigenvalue weighted by atomic mass is 9.86. The zero-order chi connectivity index (χ0) is 20.5. The van der Waals surface area contributed by atoms with Crippen LogP contribution in [0.25, 0.3) is 47.7 Å². The van der Waals surface area contributed by atoms with Crippen LogP contribution in [0, 0.1) is 0 Å². The zero-order valence-electron chi connectivity index (χ0n) is 17.4. The molecule has 2 heteroatoms. The minimum absolute atomic E-state index is 0.120. The van der Waals surface area contributed by atoms with Crippen LogP contribution in [0.15, 0.2) is 84.9 Å². The van der Waals surface area contributed by atoms with E-state index in [1.165, 1.54) is 53.2 Å². The van der Waals surface area contributed by atoms with Gasteiger partial charge in [0, 0.05) is 36.6 Å². The van der Waals surface area contributed by atoms with E-state index in [1.807, 2.05) is 11.3 Å². The van der Waals surface area contributed by atoms with Gasteiger partial charge in [-0.05, 0) is 47.4 Å². The van der Waals surface area contributed by atoms with Gasteiger partial charge >= 0.3 is 0 Å². The number of fused-ring (bicyclic) bond motifs is 7. The van der Waals surface area contributed by atoms with Crippen LogP contribution in [0.2, 0.25) is 0 Å². The largest absolute Gasteiger partial charge is 0.309 e. The van der Waals surface area contributed by atoms with E-state index in [9.17, 15) is 0 Å². The van der Waals surface area contributed by atoms with Crippen LogP contribution in [0.5, 0.6) is 0 Å². The Labute approximate surface area is 180 Å². The van der Waals surface area contributed by atoms with Crippen LogP contribution >= 0.6 is 11.3 Å². The zero-order valence-corrected chi connectivity index (χ0v) is 18.3. The Morgan fingerprint density at radius 1 is 0.667 bits per heavy atom. The third-order valence-corrected chi connectivity index (χ3v) is 7.28. The standard InChI is InChI=1S/C28H23NS/c1-28(2,3)18-13-15-23-22(17-18)20-14-16-25-26(21-11-7-8-12-24(21)30-25)27(20)29(23)19-9-5-4-6-10-19/h4-17H,1-3H3. The van der Waals surface area contributed by atoms with E-state index in [-0.39, 0.29) is 5.41 Å². The second-order valence-electron chi connectivity index (χ2n) is 9.09.